The molecule has 52 nitrogen and oxygen atoms in total. The number of nitrogens with two attached hydrogens (primary N) is 1. The van der Waals surface area contributed by atoms with Gasteiger partial charge in [-0.15, -0.1) is 0 Å². The lowest BCUT2D eigenvalue weighted by molar-refractivity contribution is -0.405. The van der Waals surface area contributed by atoms with Crippen LogP contribution in [0, 0.1) is 0 Å². The van der Waals surface area contributed by atoms with Crippen LogP contribution >= 0.6 is 31.3 Å². The van der Waals surface area contributed by atoms with Gasteiger partial charge in [-0.25, -0.2) is 27.8 Å². The van der Waals surface area contributed by atoms with E-state index in [1.165, 1.54) is 0 Å². The first-order valence-electron chi connectivity index (χ1n) is 41.5. The highest BCUT2D eigenvalue weighted by Crippen LogP contribution is 2.60. The van der Waals surface area contributed by atoms with Gasteiger partial charge < -0.3 is 199 Å². The van der Waals surface area contributed by atoms with Gasteiger partial charge in [0.15, 0.2) is 25.0 Å². The van der Waals surface area contributed by atoms with E-state index in [-0.39, 0.29) is 12.8 Å². The van der Waals surface area contributed by atoms with E-state index in [4.69, 9.17) is 71.6 Å². The van der Waals surface area contributed by atoms with Crippen molar-refractivity contribution >= 4 is 55.1 Å². The van der Waals surface area contributed by atoms with E-state index in [2.05, 4.69) is 28.0 Å². The number of ether oxygens (including phenoxy) is 12. The molecule has 6 aliphatic heterocycles. The third-order valence-corrected chi connectivity index (χ3v) is 25.1. The second kappa shape index (κ2) is 51.8. The normalized spacial score (nSPS) is 35.7. The SMILES string of the molecule is CCCCCCCCCCC[C@@H](O)CC(=O)N[C@H]1[C@H](OC[C@H]2OC[C@H](N)[C@@H](O)[C@@H]2O)O[C@H](CO[C@]2(C(=O)O)C[C@@H](O[C@]3(C(=O)O)C[C@@H](O)[C@@H](O)[C@@H]([C@H](O)CO)O3)[C@@H](O[C@H]3O[C@H]([C@@H](O)CO)[C@@H](OP(=O)(O)OP(=O)(O)O)[C@H](O[C@H]4O[C@H]([C@@H](O)CO)[C@@H](OP(=O)(O)O)[C@H](O)[C@@H]4O)[C@@H]3O)[C@@H]([C@H](O)CO)O2)[C@@H](OP(=O)(O)O)[C@@H]1OC(=O)C[C@H](O)CCCCCCCCCCC. The number of carbonyl (C=O) groups excluding carboxylic acids is 2. The lowest BCUT2D eigenvalue weighted by Gasteiger charge is -2.53. The van der Waals surface area contributed by atoms with E-state index >= 15 is 0 Å². The van der Waals surface area contributed by atoms with Gasteiger partial charge in [-0.1, -0.05) is 129 Å². The Hall–Kier alpha value is -2.80. The van der Waals surface area contributed by atoms with Crippen LogP contribution in [-0.4, -0.2) is 403 Å². The minimum absolute atomic E-state index is 0.0335. The van der Waals surface area contributed by atoms with Crippen LogP contribution in [0.4, 0.5) is 0 Å². The number of phosphoric ester groups is 3. The average Bonchev–Trinajstić information content (AvgIpc) is 0.741. The van der Waals surface area contributed by atoms with Gasteiger partial charge in [-0.3, -0.25) is 23.2 Å². The number of aliphatic carboxylic acids is 2. The molecular formula is C70H128N2O50P4. The maximum atomic E-state index is 14.6. The van der Waals surface area contributed by atoms with Crippen LogP contribution in [0.15, 0.2) is 0 Å². The number of nitrogens with one attached hydrogen (secondary N) is 1. The summed E-state index contributed by atoms with van der Waals surface area (Å²) < 4.78 is 141. The van der Waals surface area contributed by atoms with Crippen LogP contribution in [0.25, 0.3) is 0 Å². The first-order chi connectivity index (χ1) is 59.0. The van der Waals surface area contributed by atoms with Crippen LogP contribution in [0.1, 0.15) is 168 Å². The number of aliphatic hydroxyl groups is 17. The highest BCUT2D eigenvalue weighted by atomic mass is 31.3. The van der Waals surface area contributed by atoms with Crippen LogP contribution < -0.4 is 11.1 Å². The molecule has 738 valence electrons. The molecule has 6 heterocycles. The largest absolute Gasteiger partial charge is 0.481 e. The van der Waals surface area contributed by atoms with Gasteiger partial charge in [0.1, 0.15) is 128 Å². The molecule has 126 heavy (non-hydrogen) atoms. The van der Waals surface area contributed by atoms with Crippen molar-refractivity contribution in [1.82, 2.24) is 5.32 Å². The van der Waals surface area contributed by atoms with Crippen molar-refractivity contribution in [2.45, 2.75) is 369 Å². The van der Waals surface area contributed by atoms with Gasteiger partial charge >= 0.3 is 49.2 Å². The second-order valence-corrected chi connectivity index (χ2v) is 37.1. The number of carboxylic acids is 2. The Morgan fingerprint density at radius 3 is 1.44 bits per heavy atom. The average molecular weight is 1920 g/mol. The molecule has 1 unspecified atom stereocenters. The zero-order chi connectivity index (χ0) is 94.1. The molecule has 1 amide bonds. The fraction of sp³-hybridized carbons (Fsp3) is 0.943. The van der Waals surface area contributed by atoms with Gasteiger partial charge in [-0.05, 0) is 12.8 Å². The summed E-state index contributed by atoms with van der Waals surface area (Å²) in [5, 5.41) is 215. The van der Waals surface area contributed by atoms with E-state index in [9.17, 15) is 169 Å². The van der Waals surface area contributed by atoms with Gasteiger partial charge in [0.25, 0.3) is 11.6 Å². The molecule has 56 heteroatoms. The third kappa shape index (κ3) is 33.3. The first kappa shape index (κ1) is 112. The van der Waals surface area contributed by atoms with Crippen LogP contribution in [0.3, 0.4) is 0 Å². The predicted octanol–water partition coefficient (Wildman–Crippen LogP) is -6.55. The van der Waals surface area contributed by atoms with Crippen molar-refractivity contribution in [2.75, 3.05) is 46.2 Å². The third-order valence-electron chi connectivity index (χ3n) is 21.9. The fourth-order valence-corrected chi connectivity index (χ4v) is 18.3. The molecule has 0 saturated carbocycles. The summed E-state index contributed by atoms with van der Waals surface area (Å²) in [7, 11) is -24.8. The first-order valence-corrected chi connectivity index (χ1v) is 47.6. The summed E-state index contributed by atoms with van der Waals surface area (Å²) >= 11 is 0. The number of hydrogen-bond donors (Lipinski definition) is 28. The zero-order valence-electron chi connectivity index (χ0n) is 69.1. The lowest BCUT2D eigenvalue weighted by atomic mass is 9.89. The Balaban J connectivity index is 1.53. The molecule has 0 spiro atoms. The summed E-state index contributed by atoms with van der Waals surface area (Å²) in [6.07, 6.45) is -63.0. The number of unbranched alkanes of at least 4 members (excludes halogenated alkanes) is 16. The highest BCUT2D eigenvalue weighted by molar-refractivity contribution is 7.60. The van der Waals surface area contributed by atoms with Crippen LogP contribution in [-0.2, 0) is 112 Å². The topological polar surface area (TPSA) is 848 Å². The minimum atomic E-state index is -6.51. The smallest absolute Gasteiger partial charge is 0.477 e. The lowest BCUT2D eigenvalue weighted by Crippen LogP contribution is -2.71. The summed E-state index contributed by atoms with van der Waals surface area (Å²) in [5.41, 5.74) is 5.94. The number of amides is 1. The van der Waals surface area contributed by atoms with E-state index < -0.39 is 328 Å². The molecule has 34 atom stereocenters. The van der Waals surface area contributed by atoms with Crippen molar-refractivity contribution in [3.8, 4) is 0 Å². The van der Waals surface area contributed by atoms with E-state index in [0.29, 0.717) is 25.7 Å². The molecule has 0 aromatic rings. The number of hydrogen-bond acceptors (Lipinski definition) is 42. The molecule has 6 rings (SSSR count). The van der Waals surface area contributed by atoms with Gasteiger partial charge in [0.2, 0.25) is 5.91 Å². The van der Waals surface area contributed by atoms with E-state index in [0.717, 1.165) is 89.9 Å². The number of esters is 1. The fourth-order valence-electron chi connectivity index (χ4n) is 15.4. The summed E-state index contributed by atoms with van der Waals surface area (Å²) in [6.45, 7) is -5.24. The second-order valence-electron chi connectivity index (χ2n) is 31.9. The summed E-state index contributed by atoms with van der Waals surface area (Å²) in [4.78, 5) is 129. The van der Waals surface area contributed by atoms with Crippen molar-refractivity contribution in [1.29, 1.82) is 0 Å². The van der Waals surface area contributed by atoms with Gasteiger partial charge in [-0.2, -0.15) is 4.31 Å². The molecule has 0 aliphatic carbocycles. The zero-order valence-corrected chi connectivity index (χ0v) is 72.7. The Morgan fingerprint density at radius 1 is 0.468 bits per heavy atom. The quantitative estimate of drug-likeness (QED) is 0.0153. The monoisotopic (exact) mass is 1920 g/mol. The van der Waals surface area contributed by atoms with Gasteiger partial charge in [0.05, 0.1) is 95.7 Å². The molecule has 0 radical (unpaired) electrons. The molecule has 0 bridgehead atoms. The number of phosphoric acid groups is 4. The molecule has 6 fully saturated rings. The maximum Gasteiger partial charge on any atom is 0.481 e. The molecule has 29 N–H and O–H groups in total. The summed E-state index contributed by atoms with van der Waals surface area (Å²) in [5.74, 6) is -15.1. The molecular weight excluding hydrogens is 1790 g/mol. The van der Waals surface area contributed by atoms with Crippen LogP contribution in [0.5, 0.6) is 0 Å². The van der Waals surface area contributed by atoms with Crippen molar-refractivity contribution in [3.63, 3.8) is 0 Å². The Labute approximate surface area is 722 Å². The van der Waals surface area contributed by atoms with Crippen molar-refractivity contribution in [3.05, 3.63) is 0 Å². The number of rotatable bonds is 56. The molecule has 0 aromatic heterocycles. The Morgan fingerprint density at radius 2 is 0.937 bits per heavy atom. The number of carboxylic acid groups (broad SMARTS) is 2. The summed E-state index contributed by atoms with van der Waals surface area (Å²) in [6, 6.07) is -3.38. The van der Waals surface area contributed by atoms with Gasteiger partial charge in [0, 0.05) is 12.8 Å². The van der Waals surface area contributed by atoms with Crippen molar-refractivity contribution < 1.29 is 243 Å². The molecule has 6 saturated heterocycles. The minimum Gasteiger partial charge on any atom is -0.477 e. The maximum absolute atomic E-state index is 14.6. The number of carbonyl (C=O) groups is 4. The van der Waals surface area contributed by atoms with Crippen molar-refractivity contribution in [2.24, 2.45) is 5.73 Å². The highest BCUT2D eigenvalue weighted by Gasteiger charge is 2.65. The number of aliphatic hydroxyl groups excluding tert-OH is 17. The van der Waals surface area contributed by atoms with E-state index in [1.54, 1.807) is 0 Å². The van der Waals surface area contributed by atoms with E-state index in [1.807, 2.05) is 0 Å². The Kier molecular flexibility index (Phi) is 46.0. The molecule has 0 aromatic carbocycles. The molecule has 6 aliphatic rings. The predicted molar refractivity (Wildman–Crippen MR) is 413 cm³/mol. The Bertz CT molecular complexity index is 3470. The van der Waals surface area contributed by atoms with Crippen LogP contribution in [0.2, 0.25) is 0 Å². The standard InChI is InChI=1S/C70H128N2O50P4/c1-3-5-7-9-11-13-15-17-19-21-34(77)23-45(84)72-47-60(111-46(85)24-35(78)22-20-18-16-14-12-10-8-6-4-2)59(119-123(96,97)98)44(110-64(47)108-32-43-50(88)48(86)36(71)31-107-43)33-109-69(67(92)93)26-42(116-70(68(94)95)25-37(79)49(87)54(117-70)38(80)27-73)58(57(118-69)41(83)30-76)114-66-53(91)61(63(56(113-66)40(82)29-75)121-126(105,106)122-125(102,103)104)115-65-52(90)51(89)62(120-124(99,100)101)55(112-65)39(81)28-74/h34-44,47-66,73-83,86-91H,3-33,71H2,1-2H3,(H,72,84)(H,92,93)(H,94,95)(H,105,106)(H2,96,97,98)(H2,99,100,101)(H2,102,103,104)/t34-,35-,36+,37-,38-,39+,40+,41-,42-,43-,44-,47-,48-,49-,50-,51-,52+,53+,54-,55-,56-,57-,58-,59-,60-,61-,62+,63-,64-,65-,66-,69-,70-/m1/s1.